The van der Waals surface area contributed by atoms with Crippen molar-refractivity contribution >= 4 is 12.2 Å². The Morgan fingerprint density at radius 3 is 2.42 bits per heavy atom. The second-order valence-electron chi connectivity index (χ2n) is 4.27. The van der Waals surface area contributed by atoms with Crippen LogP contribution in [0.1, 0.15) is 17.5 Å². The Morgan fingerprint density at radius 2 is 1.63 bits per heavy atom. The first-order chi connectivity index (χ1) is 9.40. The lowest BCUT2D eigenvalue weighted by Gasteiger charge is -2.08. The smallest absolute Gasteiger partial charge is 0.126 e. The van der Waals surface area contributed by atoms with Gasteiger partial charge >= 0.3 is 0 Å². The van der Waals surface area contributed by atoms with Crippen LogP contribution in [0, 0.1) is 0 Å². The van der Waals surface area contributed by atoms with Gasteiger partial charge in [0.25, 0.3) is 0 Å². The van der Waals surface area contributed by atoms with E-state index in [9.17, 15) is 0 Å². The van der Waals surface area contributed by atoms with Crippen molar-refractivity contribution in [2.45, 2.75) is 6.42 Å². The van der Waals surface area contributed by atoms with Crippen LogP contribution in [0.4, 0.5) is 0 Å². The summed E-state index contributed by atoms with van der Waals surface area (Å²) in [6, 6.07) is 18.3. The van der Waals surface area contributed by atoms with Crippen molar-refractivity contribution in [3.05, 3.63) is 65.7 Å². The molecule has 2 nitrogen and oxygen atoms in total. The van der Waals surface area contributed by atoms with Crippen molar-refractivity contribution < 1.29 is 4.74 Å². The molecule has 0 aromatic heterocycles. The average Bonchev–Trinajstić information content (AvgIpc) is 2.48. The van der Waals surface area contributed by atoms with E-state index >= 15 is 0 Å². The van der Waals surface area contributed by atoms with E-state index in [1.165, 1.54) is 5.56 Å². The predicted octanol–water partition coefficient (Wildman–Crippen LogP) is 3.58. The van der Waals surface area contributed by atoms with Crippen molar-refractivity contribution in [2.24, 2.45) is 5.73 Å². The van der Waals surface area contributed by atoms with E-state index in [0.29, 0.717) is 13.2 Å². The summed E-state index contributed by atoms with van der Waals surface area (Å²) < 4.78 is 5.73. The van der Waals surface area contributed by atoms with Gasteiger partial charge in [-0.05, 0) is 24.6 Å². The first-order valence-electron chi connectivity index (χ1n) is 6.55. The Kier molecular flexibility index (Phi) is 5.20. The highest BCUT2D eigenvalue weighted by Gasteiger charge is 1.99. The summed E-state index contributed by atoms with van der Waals surface area (Å²) in [5.41, 5.74) is 7.74. The van der Waals surface area contributed by atoms with E-state index in [4.69, 9.17) is 10.5 Å². The van der Waals surface area contributed by atoms with Crippen molar-refractivity contribution in [3.8, 4) is 5.75 Å². The predicted molar refractivity (Wildman–Crippen MR) is 81.0 cm³/mol. The van der Waals surface area contributed by atoms with Crippen molar-refractivity contribution in [1.82, 2.24) is 0 Å². The van der Waals surface area contributed by atoms with Gasteiger partial charge in [0, 0.05) is 5.56 Å². The molecule has 0 saturated carbocycles. The van der Waals surface area contributed by atoms with Crippen molar-refractivity contribution in [1.29, 1.82) is 0 Å². The van der Waals surface area contributed by atoms with Gasteiger partial charge in [0.15, 0.2) is 0 Å². The zero-order valence-corrected chi connectivity index (χ0v) is 11.0. The summed E-state index contributed by atoms with van der Waals surface area (Å²) in [4.78, 5) is 0. The highest BCUT2D eigenvalue weighted by atomic mass is 16.5. The number of ether oxygens (including phenoxy) is 1. The van der Waals surface area contributed by atoms with E-state index in [2.05, 4.69) is 30.4 Å². The molecule has 0 amide bonds. The van der Waals surface area contributed by atoms with E-state index in [1.54, 1.807) is 0 Å². The molecule has 0 atom stereocenters. The molecule has 0 radical (unpaired) electrons. The van der Waals surface area contributed by atoms with Crippen LogP contribution in [0.3, 0.4) is 0 Å². The fourth-order valence-electron chi connectivity index (χ4n) is 1.77. The van der Waals surface area contributed by atoms with Gasteiger partial charge < -0.3 is 10.5 Å². The Hall–Kier alpha value is -2.06. The molecule has 19 heavy (non-hydrogen) atoms. The van der Waals surface area contributed by atoms with Crippen molar-refractivity contribution in [3.63, 3.8) is 0 Å². The number of rotatable bonds is 6. The van der Waals surface area contributed by atoms with Crippen LogP contribution in [0.25, 0.3) is 12.2 Å². The molecular weight excluding hydrogens is 234 g/mol. The molecule has 2 rings (SSSR count). The lowest BCUT2D eigenvalue weighted by atomic mass is 10.1. The maximum absolute atomic E-state index is 5.73. The minimum absolute atomic E-state index is 0.655. The third-order valence-corrected chi connectivity index (χ3v) is 2.78. The van der Waals surface area contributed by atoms with E-state index in [-0.39, 0.29) is 0 Å². The van der Waals surface area contributed by atoms with Gasteiger partial charge in [-0.3, -0.25) is 0 Å². The highest BCUT2D eigenvalue weighted by Crippen LogP contribution is 2.20. The third kappa shape index (κ3) is 4.27. The zero-order valence-electron chi connectivity index (χ0n) is 11.0. The zero-order chi connectivity index (χ0) is 13.3. The summed E-state index contributed by atoms with van der Waals surface area (Å²) in [5.74, 6) is 0.906. The molecule has 98 valence electrons. The molecule has 2 aromatic carbocycles. The van der Waals surface area contributed by atoms with Gasteiger partial charge in [-0.2, -0.15) is 0 Å². The Morgan fingerprint density at radius 1 is 0.895 bits per heavy atom. The van der Waals surface area contributed by atoms with Crippen LogP contribution in [-0.4, -0.2) is 13.2 Å². The number of nitrogens with two attached hydrogens (primary N) is 1. The van der Waals surface area contributed by atoms with E-state index in [0.717, 1.165) is 17.7 Å². The van der Waals surface area contributed by atoms with Crippen molar-refractivity contribution in [2.75, 3.05) is 13.2 Å². The molecule has 0 unspecified atom stereocenters. The van der Waals surface area contributed by atoms with Crippen LogP contribution in [-0.2, 0) is 0 Å². The molecule has 2 heteroatoms. The summed E-state index contributed by atoms with van der Waals surface area (Å²) in [6.07, 6.45) is 5.04. The van der Waals surface area contributed by atoms with Gasteiger partial charge in [-0.1, -0.05) is 60.7 Å². The normalized spacial score (nSPS) is 10.8. The van der Waals surface area contributed by atoms with Crippen LogP contribution < -0.4 is 10.5 Å². The maximum Gasteiger partial charge on any atom is 0.126 e. The molecule has 0 aliphatic carbocycles. The van der Waals surface area contributed by atoms with Crippen LogP contribution >= 0.6 is 0 Å². The quantitative estimate of drug-likeness (QED) is 0.631. The average molecular weight is 253 g/mol. The molecule has 2 N–H and O–H groups in total. The second kappa shape index (κ2) is 7.39. The minimum atomic E-state index is 0.655. The van der Waals surface area contributed by atoms with Crippen LogP contribution in [0.15, 0.2) is 54.6 Å². The van der Waals surface area contributed by atoms with Gasteiger partial charge in [-0.15, -0.1) is 0 Å². The molecule has 0 saturated heterocycles. The topological polar surface area (TPSA) is 35.2 Å². The number of para-hydroxylation sites is 1. The van der Waals surface area contributed by atoms with Gasteiger partial charge in [0.2, 0.25) is 0 Å². The third-order valence-electron chi connectivity index (χ3n) is 2.78. The minimum Gasteiger partial charge on any atom is -0.493 e. The van der Waals surface area contributed by atoms with Gasteiger partial charge in [0.1, 0.15) is 5.75 Å². The first-order valence-corrected chi connectivity index (χ1v) is 6.55. The van der Waals surface area contributed by atoms with E-state index < -0.39 is 0 Å². The Bertz CT molecular complexity index is 520. The first kappa shape index (κ1) is 13.4. The van der Waals surface area contributed by atoms with Crippen LogP contribution in [0.5, 0.6) is 5.75 Å². The molecular formula is C17H19NO. The maximum atomic E-state index is 5.73. The number of hydrogen-bond donors (Lipinski definition) is 1. The van der Waals surface area contributed by atoms with Crippen LogP contribution in [0.2, 0.25) is 0 Å². The molecule has 0 aliphatic rings. The summed E-state index contributed by atoms with van der Waals surface area (Å²) >= 11 is 0. The summed E-state index contributed by atoms with van der Waals surface area (Å²) in [5, 5.41) is 0. The summed E-state index contributed by atoms with van der Waals surface area (Å²) in [7, 11) is 0. The Balaban J connectivity index is 2.09. The standard InChI is InChI=1S/C17H19NO/c18-13-6-14-19-17-10-5-4-9-16(17)12-11-15-7-2-1-3-8-15/h1-5,7-12H,6,13-14,18H2. The molecule has 0 fully saturated rings. The highest BCUT2D eigenvalue weighted by molar-refractivity contribution is 5.72. The molecule has 0 heterocycles. The lowest BCUT2D eigenvalue weighted by molar-refractivity contribution is 0.313. The molecule has 2 aromatic rings. The largest absolute Gasteiger partial charge is 0.493 e. The van der Waals surface area contributed by atoms with E-state index in [1.807, 2.05) is 36.4 Å². The molecule has 0 spiro atoms. The fraction of sp³-hybridized carbons (Fsp3) is 0.176. The number of benzene rings is 2. The second-order valence-corrected chi connectivity index (χ2v) is 4.27. The lowest BCUT2D eigenvalue weighted by Crippen LogP contribution is -2.06. The van der Waals surface area contributed by atoms with Gasteiger partial charge in [-0.25, -0.2) is 0 Å². The SMILES string of the molecule is NCCCOc1ccccc1C=Cc1ccccc1. The van der Waals surface area contributed by atoms with Gasteiger partial charge in [0.05, 0.1) is 6.61 Å². The number of hydrogen-bond acceptors (Lipinski definition) is 2. The summed E-state index contributed by atoms with van der Waals surface area (Å²) in [6.45, 7) is 1.31. The Labute approximate surface area is 114 Å². The molecule has 0 bridgehead atoms. The molecule has 0 aliphatic heterocycles. The fourth-order valence-corrected chi connectivity index (χ4v) is 1.77. The monoisotopic (exact) mass is 253 g/mol.